The van der Waals surface area contributed by atoms with Crippen molar-refractivity contribution in [1.29, 1.82) is 0 Å². The van der Waals surface area contributed by atoms with Crippen LogP contribution in [0.1, 0.15) is 16.7 Å². The zero-order valence-corrected chi connectivity index (χ0v) is 18.5. The molecule has 1 amide bonds. The summed E-state index contributed by atoms with van der Waals surface area (Å²) in [7, 11) is 1.62. The SMILES string of the molecule is COc1ccc(C=NNC(=O)CN2CCN(Cc3ccc(C)cc3)CC2)cc1Br. The van der Waals surface area contributed by atoms with Crippen LogP contribution < -0.4 is 10.2 Å². The summed E-state index contributed by atoms with van der Waals surface area (Å²) in [5.74, 6) is 0.661. The summed E-state index contributed by atoms with van der Waals surface area (Å²) in [5, 5.41) is 4.06. The molecule has 0 aromatic heterocycles. The van der Waals surface area contributed by atoms with Gasteiger partial charge in [0, 0.05) is 32.7 Å². The summed E-state index contributed by atoms with van der Waals surface area (Å²) in [4.78, 5) is 16.8. The Labute approximate surface area is 180 Å². The maximum absolute atomic E-state index is 12.2. The fourth-order valence-electron chi connectivity index (χ4n) is 3.24. The van der Waals surface area contributed by atoms with Crippen molar-refractivity contribution in [3.05, 3.63) is 63.6 Å². The quantitative estimate of drug-likeness (QED) is 0.511. The summed E-state index contributed by atoms with van der Waals surface area (Å²) >= 11 is 3.44. The van der Waals surface area contributed by atoms with E-state index in [4.69, 9.17) is 4.74 Å². The van der Waals surface area contributed by atoms with Gasteiger partial charge in [-0.2, -0.15) is 5.10 Å². The van der Waals surface area contributed by atoms with Crippen molar-refractivity contribution in [2.45, 2.75) is 13.5 Å². The van der Waals surface area contributed by atoms with E-state index in [0.717, 1.165) is 48.5 Å². The first kappa shape index (κ1) is 21.5. The van der Waals surface area contributed by atoms with Gasteiger partial charge in [-0.25, -0.2) is 5.43 Å². The fraction of sp³-hybridized carbons (Fsp3) is 0.364. The first-order chi connectivity index (χ1) is 14.0. The van der Waals surface area contributed by atoms with Gasteiger partial charge in [-0.15, -0.1) is 0 Å². The van der Waals surface area contributed by atoms with Gasteiger partial charge in [-0.1, -0.05) is 29.8 Å². The summed E-state index contributed by atoms with van der Waals surface area (Å²) in [6.07, 6.45) is 1.63. The van der Waals surface area contributed by atoms with Crippen LogP contribution in [0.25, 0.3) is 0 Å². The average Bonchev–Trinajstić information content (AvgIpc) is 2.71. The lowest BCUT2D eigenvalue weighted by molar-refractivity contribution is -0.122. The summed E-state index contributed by atoms with van der Waals surface area (Å²) < 4.78 is 6.05. The van der Waals surface area contributed by atoms with Crippen LogP contribution >= 0.6 is 15.9 Å². The molecule has 0 atom stereocenters. The number of aryl methyl sites for hydroxylation is 1. The minimum atomic E-state index is -0.0965. The number of hydrazone groups is 1. The number of nitrogens with one attached hydrogen (secondary N) is 1. The molecule has 7 heteroatoms. The smallest absolute Gasteiger partial charge is 0.254 e. The van der Waals surface area contributed by atoms with E-state index in [1.165, 1.54) is 11.1 Å². The Kier molecular flexibility index (Phi) is 7.80. The summed E-state index contributed by atoms with van der Waals surface area (Å²) in [5.41, 5.74) is 6.11. The molecule has 1 saturated heterocycles. The Morgan fingerprint density at radius 3 is 2.48 bits per heavy atom. The number of nitrogens with zero attached hydrogens (tertiary/aromatic N) is 3. The molecule has 0 spiro atoms. The van der Waals surface area contributed by atoms with E-state index in [2.05, 4.69) is 67.4 Å². The Hall–Kier alpha value is -2.22. The number of benzene rings is 2. The van der Waals surface area contributed by atoms with E-state index in [9.17, 15) is 4.79 Å². The molecule has 3 rings (SSSR count). The van der Waals surface area contributed by atoms with Gasteiger partial charge in [0.25, 0.3) is 5.91 Å². The van der Waals surface area contributed by atoms with E-state index < -0.39 is 0 Å². The molecule has 2 aromatic rings. The maximum atomic E-state index is 12.2. The molecule has 1 fully saturated rings. The highest BCUT2D eigenvalue weighted by Gasteiger charge is 2.18. The van der Waals surface area contributed by atoms with E-state index in [-0.39, 0.29) is 5.91 Å². The van der Waals surface area contributed by atoms with Gasteiger partial charge in [0.05, 0.1) is 24.3 Å². The molecule has 1 heterocycles. The number of amides is 1. The molecule has 0 saturated carbocycles. The zero-order valence-electron chi connectivity index (χ0n) is 16.9. The van der Waals surface area contributed by atoms with Gasteiger partial charge in [-0.3, -0.25) is 14.6 Å². The normalized spacial score (nSPS) is 15.6. The summed E-state index contributed by atoms with van der Waals surface area (Å²) in [6.45, 7) is 7.12. The van der Waals surface area contributed by atoms with Gasteiger partial charge < -0.3 is 4.74 Å². The van der Waals surface area contributed by atoms with Crippen LogP contribution in [-0.2, 0) is 11.3 Å². The van der Waals surface area contributed by atoms with Crippen molar-refractivity contribution in [3.63, 3.8) is 0 Å². The second kappa shape index (κ2) is 10.5. The molecular weight excluding hydrogens is 432 g/mol. The number of hydrogen-bond donors (Lipinski definition) is 1. The van der Waals surface area contributed by atoms with Gasteiger partial charge in [0.15, 0.2) is 0 Å². The van der Waals surface area contributed by atoms with E-state index in [0.29, 0.717) is 6.54 Å². The molecule has 1 aliphatic heterocycles. The highest BCUT2D eigenvalue weighted by Crippen LogP contribution is 2.24. The van der Waals surface area contributed by atoms with Crippen molar-refractivity contribution >= 4 is 28.1 Å². The molecule has 154 valence electrons. The summed E-state index contributed by atoms with van der Waals surface area (Å²) in [6, 6.07) is 14.3. The number of carbonyl (C=O) groups excluding carboxylic acids is 1. The molecular formula is C22H27BrN4O2. The second-order valence-corrected chi connectivity index (χ2v) is 8.08. The molecule has 0 bridgehead atoms. The predicted octanol–water partition coefficient (Wildman–Crippen LogP) is 3.03. The zero-order chi connectivity index (χ0) is 20.6. The van der Waals surface area contributed by atoms with Crippen LogP contribution in [0.3, 0.4) is 0 Å². The van der Waals surface area contributed by atoms with Crippen LogP contribution in [0.15, 0.2) is 52.0 Å². The second-order valence-electron chi connectivity index (χ2n) is 7.23. The number of halogens is 1. The first-order valence-electron chi connectivity index (χ1n) is 9.69. The number of carbonyl (C=O) groups is 1. The molecule has 0 unspecified atom stereocenters. The van der Waals surface area contributed by atoms with Crippen molar-refractivity contribution < 1.29 is 9.53 Å². The molecule has 2 aromatic carbocycles. The third kappa shape index (κ3) is 6.66. The maximum Gasteiger partial charge on any atom is 0.254 e. The van der Waals surface area contributed by atoms with Gasteiger partial charge >= 0.3 is 0 Å². The lowest BCUT2D eigenvalue weighted by atomic mass is 10.1. The number of hydrogen-bond acceptors (Lipinski definition) is 5. The molecule has 1 aliphatic rings. The Morgan fingerprint density at radius 2 is 1.83 bits per heavy atom. The molecule has 0 radical (unpaired) electrons. The minimum absolute atomic E-state index is 0.0965. The van der Waals surface area contributed by atoms with Crippen LogP contribution in [0, 0.1) is 6.92 Å². The Morgan fingerprint density at radius 1 is 1.14 bits per heavy atom. The highest BCUT2D eigenvalue weighted by molar-refractivity contribution is 9.10. The number of rotatable bonds is 7. The topological polar surface area (TPSA) is 57.2 Å². The van der Waals surface area contributed by atoms with E-state index >= 15 is 0 Å². The van der Waals surface area contributed by atoms with Crippen LogP contribution in [0.4, 0.5) is 0 Å². The largest absolute Gasteiger partial charge is 0.496 e. The van der Waals surface area contributed by atoms with Gasteiger partial charge in [-0.05, 0) is 52.2 Å². The number of methoxy groups -OCH3 is 1. The van der Waals surface area contributed by atoms with Crippen molar-refractivity contribution in [1.82, 2.24) is 15.2 Å². The monoisotopic (exact) mass is 458 g/mol. The number of ether oxygens (including phenoxy) is 1. The highest BCUT2D eigenvalue weighted by atomic mass is 79.9. The van der Waals surface area contributed by atoms with Crippen LogP contribution in [0.5, 0.6) is 5.75 Å². The Balaban J connectivity index is 1.39. The lowest BCUT2D eigenvalue weighted by Gasteiger charge is -2.34. The fourth-order valence-corrected chi connectivity index (χ4v) is 3.80. The third-order valence-electron chi connectivity index (χ3n) is 4.94. The minimum Gasteiger partial charge on any atom is -0.496 e. The van der Waals surface area contributed by atoms with Crippen LogP contribution in [0.2, 0.25) is 0 Å². The molecule has 29 heavy (non-hydrogen) atoms. The van der Waals surface area contributed by atoms with Crippen LogP contribution in [-0.4, -0.2) is 61.8 Å². The van der Waals surface area contributed by atoms with Crippen molar-refractivity contribution in [2.75, 3.05) is 39.8 Å². The molecule has 6 nitrogen and oxygen atoms in total. The van der Waals surface area contributed by atoms with E-state index in [1.54, 1.807) is 13.3 Å². The lowest BCUT2D eigenvalue weighted by Crippen LogP contribution is -2.48. The molecule has 1 N–H and O–H groups in total. The first-order valence-corrected chi connectivity index (χ1v) is 10.5. The molecule has 0 aliphatic carbocycles. The van der Waals surface area contributed by atoms with Crippen molar-refractivity contribution in [3.8, 4) is 5.75 Å². The Bertz CT molecular complexity index is 846. The van der Waals surface area contributed by atoms with E-state index in [1.807, 2.05) is 18.2 Å². The average molecular weight is 459 g/mol. The van der Waals surface area contributed by atoms with Gasteiger partial charge in [0.1, 0.15) is 5.75 Å². The van der Waals surface area contributed by atoms with Crippen molar-refractivity contribution in [2.24, 2.45) is 5.10 Å². The third-order valence-corrected chi connectivity index (χ3v) is 5.56. The standard InChI is InChI=1S/C22H27BrN4O2/c1-17-3-5-18(6-4-17)15-26-9-11-27(12-10-26)16-22(28)25-24-14-19-7-8-21(29-2)20(23)13-19/h3-8,13-14H,9-12,15-16H2,1-2H3,(H,25,28). The van der Waals surface area contributed by atoms with Gasteiger partial charge in [0.2, 0.25) is 0 Å². The predicted molar refractivity (Wildman–Crippen MR) is 119 cm³/mol. The number of piperazine rings is 1.